The van der Waals surface area contributed by atoms with Gasteiger partial charge in [0.1, 0.15) is 17.3 Å². The first-order chi connectivity index (χ1) is 7.51. The van der Waals surface area contributed by atoms with Gasteiger partial charge in [0.2, 0.25) is 0 Å². The van der Waals surface area contributed by atoms with Gasteiger partial charge in [0.15, 0.2) is 0 Å². The smallest absolute Gasteiger partial charge is 0.141 e. The minimum Gasteiger partial charge on any atom is -0.496 e. The van der Waals surface area contributed by atoms with E-state index in [4.69, 9.17) is 21.1 Å². The number of ketones is 1. The summed E-state index contributed by atoms with van der Waals surface area (Å²) in [6.07, 6.45) is 0.291. The molecule has 0 spiro atoms. The van der Waals surface area contributed by atoms with Gasteiger partial charge in [-0.15, -0.1) is 0 Å². The second-order valence-corrected chi connectivity index (χ2v) is 3.97. The van der Waals surface area contributed by atoms with Gasteiger partial charge >= 0.3 is 0 Å². The molecule has 3 nitrogen and oxygen atoms in total. The molecule has 0 unspecified atom stereocenters. The van der Waals surface area contributed by atoms with Crippen molar-refractivity contribution in [2.75, 3.05) is 14.2 Å². The van der Waals surface area contributed by atoms with Gasteiger partial charge in [0, 0.05) is 17.5 Å². The molecule has 0 amide bonds. The third-order valence-corrected chi connectivity index (χ3v) is 2.81. The number of halogens is 1. The van der Waals surface area contributed by atoms with Crippen molar-refractivity contribution >= 4 is 17.4 Å². The summed E-state index contributed by atoms with van der Waals surface area (Å²) in [6, 6.07) is 1.79. The topological polar surface area (TPSA) is 35.5 Å². The zero-order valence-corrected chi connectivity index (χ0v) is 10.6. The Morgan fingerprint density at radius 1 is 1.38 bits per heavy atom. The monoisotopic (exact) mass is 242 g/mol. The zero-order valence-electron chi connectivity index (χ0n) is 9.89. The molecule has 0 fully saturated rings. The van der Waals surface area contributed by atoms with Gasteiger partial charge in [-0.1, -0.05) is 11.6 Å². The van der Waals surface area contributed by atoms with E-state index in [0.29, 0.717) is 22.9 Å². The molecule has 0 aliphatic heterocycles. The van der Waals surface area contributed by atoms with E-state index in [9.17, 15) is 4.79 Å². The van der Waals surface area contributed by atoms with Gasteiger partial charge in [-0.3, -0.25) is 4.79 Å². The van der Waals surface area contributed by atoms with Crippen molar-refractivity contribution in [3.63, 3.8) is 0 Å². The first-order valence-corrected chi connectivity index (χ1v) is 5.28. The summed E-state index contributed by atoms with van der Waals surface area (Å²) < 4.78 is 10.4. The lowest BCUT2D eigenvalue weighted by atomic mass is 10.0. The molecule has 0 saturated heterocycles. The van der Waals surface area contributed by atoms with Crippen LogP contribution in [0.4, 0.5) is 0 Å². The highest BCUT2D eigenvalue weighted by Gasteiger charge is 2.16. The van der Waals surface area contributed by atoms with Gasteiger partial charge in [0.25, 0.3) is 0 Å². The molecule has 0 aliphatic rings. The van der Waals surface area contributed by atoms with E-state index in [0.717, 1.165) is 11.1 Å². The lowest BCUT2D eigenvalue weighted by molar-refractivity contribution is -0.116. The Labute approximate surface area is 100 Å². The summed E-state index contributed by atoms with van der Waals surface area (Å²) in [5.74, 6) is 1.28. The van der Waals surface area contributed by atoms with Crippen LogP contribution in [0.15, 0.2) is 6.07 Å². The molecule has 1 aromatic carbocycles. The minimum atomic E-state index is 0.0558. The van der Waals surface area contributed by atoms with Crippen molar-refractivity contribution in [2.24, 2.45) is 0 Å². The Hall–Kier alpha value is -1.22. The molecule has 0 radical (unpaired) electrons. The minimum absolute atomic E-state index is 0.0558. The first-order valence-electron chi connectivity index (χ1n) is 4.90. The molecule has 0 aromatic heterocycles. The second kappa shape index (κ2) is 5.21. The van der Waals surface area contributed by atoms with Crippen LogP contribution in [0.5, 0.6) is 11.5 Å². The molecule has 0 aliphatic carbocycles. The number of hydrogen-bond acceptors (Lipinski definition) is 3. The van der Waals surface area contributed by atoms with Crippen LogP contribution in [0.25, 0.3) is 0 Å². The van der Waals surface area contributed by atoms with E-state index in [2.05, 4.69) is 0 Å². The Bertz CT molecular complexity index is 413. The standard InChI is InChI=1S/C12H15ClO3/c1-7(14)5-9-6-10(15-3)8(2)11(13)12(9)16-4/h6H,5H2,1-4H3. The number of methoxy groups -OCH3 is 2. The van der Waals surface area contributed by atoms with Crippen molar-refractivity contribution in [3.05, 3.63) is 22.2 Å². The third-order valence-electron chi connectivity index (χ3n) is 2.36. The van der Waals surface area contributed by atoms with Crippen LogP contribution in [0.1, 0.15) is 18.1 Å². The van der Waals surface area contributed by atoms with Crippen molar-refractivity contribution in [1.29, 1.82) is 0 Å². The maximum absolute atomic E-state index is 11.1. The number of carbonyl (C=O) groups excluding carboxylic acids is 1. The van der Waals surface area contributed by atoms with Crippen LogP contribution in [0.2, 0.25) is 5.02 Å². The van der Waals surface area contributed by atoms with Crippen molar-refractivity contribution in [1.82, 2.24) is 0 Å². The fourth-order valence-corrected chi connectivity index (χ4v) is 1.88. The van der Waals surface area contributed by atoms with E-state index in [1.54, 1.807) is 13.2 Å². The number of Topliss-reactive ketones (excluding diaryl/α,β-unsaturated/α-hetero) is 1. The molecule has 0 heterocycles. The molecule has 1 aromatic rings. The summed E-state index contributed by atoms with van der Waals surface area (Å²) in [5.41, 5.74) is 1.57. The van der Waals surface area contributed by atoms with Crippen LogP contribution in [-0.2, 0) is 11.2 Å². The Morgan fingerprint density at radius 3 is 2.44 bits per heavy atom. The largest absolute Gasteiger partial charge is 0.496 e. The van der Waals surface area contributed by atoms with Crippen molar-refractivity contribution < 1.29 is 14.3 Å². The fourth-order valence-electron chi connectivity index (χ4n) is 1.58. The average molecular weight is 243 g/mol. The molecule has 0 N–H and O–H groups in total. The quantitative estimate of drug-likeness (QED) is 0.815. The maximum atomic E-state index is 11.1. The number of ether oxygens (including phenoxy) is 2. The van der Waals surface area contributed by atoms with E-state index in [-0.39, 0.29) is 5.78 Å². The highest BCUT2D eigenvalue weighted by molar-refractivity contribution is 6.33. The lowest BCUT2D eigenvalue weighted by Gasteiger charge is -2.14. The zero-order chi connectivity index (χ0) is 12.3. The maximum Gasteiger partial charge on any atom is 0.141 e. The number of benzene rings is 1. The van der Waals surface area contributed by atoms with E-state index >= 15 is 0 Å². The molecule has 16 heavy (non-hydrogen) atoms. The Morgan fingerprint density at radius 2 is 2.00 bits per heavy atom. The summed E-state index contributed by atoms with van der Waals surface area (Å²) in [4.78, 5) is 11.1. The summed E-state index contributed by atoms with van der Waals surface area (Å²) in [7, 11) is 3.11. The lowest BCUT2D eigenvalue weighted by Crippen LogP contribution is -2.02. The fraction of sp³-hybridized carbons (Fsp3) is 0.417. The molecule has 0 atom stereocenters. The molecular weight excluding hydrogens is 228 g/mol. The van der Waals surface area contributed by atoms with E-state index in [1.807, 2.05) is 6.92 Å². The molecule has 1 rings (SSSR count). The van der Waals surface area contributed by atoms with Gasteiger partial charge in [-0.2, -0.15) is 0 Å². The molecule has 0 bridgehead atoms. The highest BCUT2D eigenvalue weighted by atomic mass is 35.5. The number of carbonyl (C=O) groups is 1. The summed E-state index contributed by atoms with van der Waals surface area (Å²) in [5, 5.41) is 0.498. The van der Waals surface area contributed by atoms with Gasteiger partial charge in [-0.25, -0.2) is 0 Å². The molecule has 4 heteroatoms. The normalized spacial score (nSPS) is 10.1. The van der Waals surface area contributed by atoms with Gasteiger partial charge in [0.05, 0.1) is 19.2 Å². The summed E-state index contributed by atoms with van der Waals surface area (Å²) >= 11 is 6.15. The molecule has 0 saturated carbocycles. The van der Waals surface area contributed by atoms with Gasteiger partial charge < -0.3 is 9.47 Å². The number of hydrogen-bond donors (Lipinski definition) is 0. The van der Waals surface area contributed by atoms with Crippen molar-refractivity contribution in [3.8, 4) is 11.5 Å². The first kappa shape index (κ1) is 12.8. The van der Waals surface area contributed by atoms with Crippen molar-refractivity contribution in [2.45, 2.75) is 20.3 Å². The van der Waals surface area contributed by atoms with Crippen LogP contribution in [0, 0.1) is 6.92 Å². The molecule has 88 valence electrons. The van der Waals surface area contributed by atoms with Gasteiger partial charge in [-0.05, 0) is 19.9 Å². The second-order valence-electron chi connectivity index (χ2n) is 3.59. The van der Waals surface area contributed by atoms with Crippen LogP contribution < -0.4 is 9.47 Å². The Balaban J connectivity index is 3.34. The SMILES string of the molecule is COc1cc(CC(C)=O)c(OC)c(Cl)c1C. The highest BCUT2D eigenvalue weighted by Crippen LogP contribution is 2.37. The predicted octanol–water partition coefficient (Wildman–Crippen LogP) is 2.80. The Kier molecular flexibility index (Phi) is 4.19. The van der Waals surface area contributed by atoms with Crippen LogP contribution in [0.3, 0.4) is 0 Å². The van der Waals surface area contributed by atoms with E-state index < -0.39 is 0 Å². The van der Waals surface area contributed by atoms with Crippen LogP contribution >= 0.6 is 11.6 Å². The number of rotatable bonds is 4. The van der Waals surface area contributed by atoms with E-state index in [1.165, 1.54) is 14.0 Å². The summed E-state index contributed by atoms with van der Waals surface area (Å²) in [6.45, 7) is 3.38. The average Bonchev–Trinajstić information content (AvgIpc) is 2.23. The third kappa shape index (κ3) is 2.47. The predicted molar refractivity (Wildman–Crippen MR) is 63.7 cm³/mol. The molecular formula is C12H15ClO3. The van der Waals surface area contributed by atoms with Crippen LogP contribution in [-0.4, -0.2) is 20.0 Å².